The van der Waals surface area contributed by atoms with Gasteiger partial charge in [0.15, 0.2) is 0 Å². The fraction of sp³-hybridized carbons (Fsp3) is 0.364. The van der Waals surface area contributed by atoms with E-state index in [4.69, 9.17) is 51.1 Å². The minimum absolute atomic E-state index is 0.380. The van der Waals surface area contributed by atoms with E-state index < -0.39 is 9.70 Å². The van der Waals surface area contributed by atoms with Gasteiger partial charge in [0, 0.05) is 5.69 Å². The molecule has 3 nitrogen and oxygen atoms in total. The van der Waals surface area contributed by atoms with Gasteiger partial charge >= 0.3 is 0 Å². The van der Waals surface area contributed by atoms with E-state index in [1.165, 1.54) is 6.07 Å². The molecule has 0 saturated carbocycles. The maximum absolute atomic E-state index is 11.4. The second-order valence-electron chi connectivity index (χ2n) is 3.45. The average molecular weight is 331 g/mol. The van der Waals surface area contributed by atoms with Crippen LogP contribution in [0.5, 0.6) is 5.75 Å². The lowest BCUT2D eigenvalue weighted by molar-refractivity contribution is -0.115. The highest BCUT2D eigenvalue weighted by molar-refractivity contribution is 6.76. The molecule has 1 rings (SSSR count). The van der Waals surface area contributed by atoms with E-state index in [1.807, 2.05) is 6.92 Å². The van der Waals surface area contributed by atoms with Gasteiger partial charge in [0.25, 0.3) is 9.70 Å². The first-order chi connectivity index (χ1) is 8.34. The first-order valence-corrected chi connectivity index (χ1v) is 6.66. The Labute approximate surface area is 125 Å². The van der Waals surface area contributed by atoms with Crippen LogP contribution in [0, 0.1) is 0 Å². The van der Waals surface area contributed by atoms with E-state index in [1.54, 1.807) is 12.1 Å². The number of hydrogen-bond donors (Lipinski definition) is 1. The topological polar surface area (TPSA) is 38.3 Å². The van der Waals surface area contributed by atoms with E-state index in [-0.39, 0.29) is 0 Å². The van der Waals surface area contributed by atoms with Crippen LogP contribution in [0.25, 0.3) is 0 Å². The summed E-state index contributed by atoms with van der Waals surface area (Å²) in [6, 6.07) is 4.79. The number of hydrogen-bond acceptors (Lipinski definition) is 2. The van der Waals surface area contributed by atoms with Crippen molar-refractivity contribution in [3.05, 3.63) is 23.2 Å². The Bertz CT molecular complexity index is 432. The van der Waals surface area contributed by atoms with Crippen molar-refractivity contribution in [2.24, 2.45) is 0 Å². The molecule has 0 aliphatic carbocycles. The quantitative estimate of drug-likeness (QED) is 0.829. The van der Waals surface area contributed by atoms with Crippen LogP contribution in [0.2, 0.25) is 5.02 Å². The number of benzene rings is 1. The zero-order chi connectivity index (χ0) is 13.8. The van der Waals surface area contributed by atoms with Gasteiger partial charge in [0.2, 0.25) is 0 Å². The van der Waals surface area contributed by atoms with Crippen LogP contribution in [-0.2, 0) is 4.79 Å². The van der Waals surface area contributed by atoms with Crippen molar-refractivity contribution in [3.63, 3.8) is 0 Å². The van der Waals surface area contributed by atoms with E-state index in [0.717, 1.165) is 6.42 Å². The van der Waals surface area contributed by atoms with Gasteiger partial charge in [-0.05, 0) is 24.6 Å². The smallest absolute Gasteiger partial charge is 0.276 e. The lowest BCUT2D eigenvalue weighted by Gasteiger charge is -2.13. The highest BCUT2D eigenvalue weighted by Crippen LogP contribution is 2.31. The van der Waals surface area contributed by atoms with Gasteiger partial charge < -0.3 is 10.1 Å². The Morgan fingerprint density at radius 2 is 2.06 bits per heavy atom. The summed E-state index contributed by atoms with van der Waals surface area (Å²) in [7, 11) is 0. The van der Waals surface area contributed by atoms with Gasteiger partial charge in [-0.1, -0.05) is 53.3 Å². The molecule has 1 aromatic rings. The fourth-order valence-corrected chi connectivity index (χ4v) is 1.49. The molecule has 1 N–H and O–H groups in total. The van der Waals surface area contributed by atoms with Crippen molar-refractivity contribution >= 4 is 58.0 Å². The molecule has 0 aromatic heterocycles. The minimum atomic E-state index is -2.01. The van der Waals surface area contributed by atoms with Crippen LogP contribution in [0.15, 0.2) is 18.2 Å². The third-order valence-corrected chi connectivity index (χ3v) is 2.72. The Hall–Kier alpha value is -0.350. The molecule has 0 atom stereocenters. The summed E-state index contributed by atoms with van der Waals surface area (Å²) in [5.41, 5.74) is 0.431. The van der Waals surface area contributed by atoms with Gasteiger partial charge in [-0.25, -0.2) is 0 Å². The SMILES string of the molecule is CCCOc1ccc(NC(=O)C(Cl)(Cl)Cl)cc1Cl. The van der Waals surface area contributed by atoms with Crippen molar-refractivity contribution in [2.75, 3.05) is 11.9 Å². The van der Waals surface area contributed by atoms with E-state index >= 15 is 0 Å². The van der Waals surface area contributed by atoms with E-state index in [9.17, 15) is 4.79 Å². The first-order valence-electron chi connectivity index (χ1n) is 5.15. The number of carbonyl (C=O) groups is 1. The highest BCUT2D eigenvalue weighted by atomic mass is 35.6. The summed E-state index contributed by atoms with van der Waals surface area (Å²) in [5, 5.41) is 2.81. The Morgan fingerprint density at radius 3 is 2.56 bits per heavy atom. The number of rotatable bonds is 4. The molecule has 0 bridgehead atoms. The summed E-state index contributed by atoms with van der Waals surface area (Å²) in [5.74, 6) is -0.198. The zero-order valence-electron chi connectivity index (χ0n) is 9.47. The predicted molar refractivity (Wildman–Crippen MR) is 76.2 cm³/mol. The lowest BCUT2D eigenvalue weighted by Crippen LogP contribution is -2.26. The van der Waals surface area contributed by atoms with Gasteiger partial charge in [0.05, 0.1) is 11.6 Å². The monoisotopic (exact) mass is 329 g/mol. The van der Waals surface area contributed by atoms with Crippen LogP contribution >= 0.6 is 46.4 Å². The molecule has 1 aromatic carbocycles. The van der Waals surface area contributed by atoms with E-state index in [0.29, 0.717) is 23.1 Å². The molecule has 0 unspecified atom stereocenters. The molecule has 0 radical (unpaired) electrons. The van der Waals surface area contributed by atoms with E-state index in [2.05, 4.69) is 5.32 Å². The normalized spacial score (nSPS) is 11.2. The molecule has 18 heavy (non-hydrogen) atoms. The second-order valence-corrected chi connectivity index (χ2v) is 6.13. The van der Waals surface area contributed by atoms with Crippen molar-refractivity contribution in [3.8, 4) is 5.75 Å². The van der Waals surface area contributed by atoms with Crippen molar-refractivity contribution in [1.29, 1.82) is 0 Å². The number of ether oxygens (including phenoxy) is 1. The Kier molecular flexibility index (Phi) is 5.86. The second kappa shape index (κ2) is 6.71. The van der Waals surface area contributed by atoms with Gasteiger partial charge in [-0.15, -0.1) is 0 Å². The molecule has 0 aliphatic rings. The zero-order valence-corrected chi connectivity index (χ0v) is 12.5. The van der Waals surface area contributed by atoms with Crippen LogP contribution in [0.4, 0.5) is 5.69 Å². The van der Waals surface area contributed by atoms with Crippen LogP contribution in [-0.4, -0.2) is 16.3 Å². The van der Waals surface area contributed by atoms with Crippen LogP contribution < -0.4 is 10.1 Å². The minimum Gasteiger partial charge on any atom is -0.492 e. The van der Waals surface area contributed by atoms with Crippen LogP contribution in [0.1, 0.15) is 13.3 Å². The van der Waals surface area contributed by atoms with Crippen LogP contribution in [0.3, 0.4) is 0 Å². The molecule has 7 heteroatoms. The number of alkyl halides is 3. The third kappa shape index (κ3) is 4.73. The van der Waals surface area contributed by atoms with Gasteiger partial charge in [-0.3, -0.25) is 4.79 Å². The molecule has 1 amide bonds. The molecule has 0 spiro atoms. The Balaban J connectivity index is 2.75. The van der Waals surface area contributed by atoms with Crippen molar-refractivity contribution in [1.82, 2.24) is 0 Å². The number of amides is 1. The maximum atomic E-state index is 11.4. The standard InChI is InChI=1S/C11H11Cl4NO2/c1-2-5-18-9-4-3-7(6-8(9)12)16-10(17)11(13,14)15/h3-4,6H,2,5H2,1H3,(H,16,17). The fourth-order valence-electron chi connectivity index (χ4n) is 1.11. The molecule has 0 fully saturated rings. The first kappa shape index (κ1) is 15.7. The summed E-state index contributed by atoms with van der Waals surface area (Å²) in [6.45, 7) is 2.56. The number of carbonyl (C=O) groups excluding carboxylic acids is 1. The van der Waals surface area contributed by atoms with Crippen molar-refractivity contribution in [2.45, 2.75) is 17.1 Å². The van der Waals surface area contributed by atoms with Crippen molar-refractivity contribution < 1.29 is 9.53 Å². The predicted octanol–water partition coefficient (Wildman–Crippen LogP) is 4.44. The number of anilines is 1. The largest absolute Gasteiger partial charge is 0.492 e. The molecule has 0 aliphatic heterocycles. The number of nitrogens with one attached hydrogen (secondary N) is 1. The molecular weight excluding hydrogens is 320 g/mol. The summed E-state index contributed by atoms with van der Waals surface area (Å²) >= 11 is 22.3. The third-order valence-electron chi connectivity index (χ3n) is 1.91. The lowest BCUT2D eigenvalue weighted by atomic mass is 10.3. The highest BCUT2D eigenvalue weighted by Gasteiger charge is 2.30. The molecule has 0 saturated heterocycles. The Morgan fingerprint density at radius 1 is 1.39 bits per heavy atom. The van der Waals surface area contributed by atoms with Gasteiger partial charge in [0.1, 0.15) is 5.75 Å². The molecule has 0 heterocycles. The molecular formula is C11H11Cl4NO2. The number of halogens is 4. The summed E-state index contributed by atoms with van der Waals surface area (Å²) < 4.78 is 3.38. The summed E-state index contributed by atoms with van der Waals surface area (Å²) in [6.07, 6.45) is 0.877. The van der Waals surface area contributed by atoms with Gasteiger partial charge in [-0.2, -0.15) is 0 Å². The average Bonchev–Trinajstić information content (AvgIpc) is 2.26. The maximum Gasteiger partial charge on any atom is 0.276 e. The molecule has 100 valence electrons. The summed E-state index contributed by atoms with van der Waals surface area (Å²) in [4.78, 5) is 11.4.